The summed E-state index contributed by atoms with van der Waals surface area (Å²) >= 11 is 0. The zero-order valence-corrected chi connectivity index (χ0v) is 7.56. The van der Waals surface area contributed by atoms with Gasteiger partial charge in [0.05, 0.1) is 0 Å². The van der Waals surface area contributed by atoms with E-state index in [-0.39, 0.29) is 0 Å². The van der Waals surface area contributed by atoms with E-state index in [1.807, 2.05) is 12.1 Å². The Balaban J connectivity index is 2.15. The Morgan fingerprint density at radius 1 is 1.33 bits per heavy atom. The van der Waals surface area contributed by atoms with E-state index in [4.69, 9.17) is 14.6 Å². The molecule has 2 aromatic rings. The van der Waals surface area contributed by atoms with Gasteiger partial charge in [0.15, 0.2) is 11.5 Å². The van der Waals surface area contributed by atoms with Crippen LogP contribution >= 0.6 is 0 Å². The van der Waals surface area contributed by atoms with Gasteiger partial charge in [-0.05, 0) is 18.2 Å². The maximum Gasteiger partial charge on any atom is 0.387 e. The van der Waals surface area contributed by atoms with E-state index in [1.54, 1.807) is 12.3 Å². The fourth-order valence-electron chi connectivity index (χ4n) is 1.65. The summed E-state index contributed by atoms with van der Waals surface area (Å²) in [5.74, 6) is -0.175. The summed E-state index contributed by atoms with van der Waals surface area (Å²) in [6, 6.07) is 5.33. The first-order valence-corrected chi connectivity index (χ1v) is 4.42. The molecular formula is C10H7NO4. The summed E-state index contributed by atoms with van der Waals surface area (Å²) in [6.45, 7) is 0. The van der Waals surface area contributed by atoms with Gasteiger partial charge in [-0.1, -0.05) is 0 Å². The second kappa shape index (κ2) is 2.66. The minimum atomic E-state index is -1.24. The van der Waals surface area contributed by atoms with Crippen molar-refractivity contribution >= 4 is 16.9 Å². The van der Waals surface area contributed by atoms with Crippen molar-refractivity contribution in [2.75, 3.05) is 0 Å². The van der Waals surface area contributed by atoms with Gasteiger partial charge >= 0.3 is 12.3 Å². The van der Waals surface area contributed by atoms with Crippen molar-refractivity contribution in [1.29, 1.82) is 0 Å². The third kappa shape index (κ3) is 1.06. The normalized spacial score (nSPS) is 18.3. The number of aromatic nitrogens is 1. The second-order valence-electron chi connectivity index (χ2n) is 3.24. The molecule has 15 heavy (non-hydrogen) atoms. The monoisotopic (exact) mass is 205 g/mol. The molecule has 0 amide bonds. The Kier molecular flexibility index (Phi) is 1.45. The summed E-state index contributed by atoms with van der Waals surface area (Å²) < 4.78 is 10.3. The molecule has 1 aromatic heterocycles. The molecule has 1 unspecified atom stereocenters. The number of rotatable bonds is 1. The summed E-state index contributed by atoms with van der Waals surface area (Å²) in [5.41, 5.74) is 0.892. The van der Waals surface area contributed by atoms with Crippen LogP contribution in [-0.2, 0) is 4.79 Å². The van der Waals surface area contributed by atoms with Crippen LogP contribution in [0.3, 0.4) is 0 Å². The molecule has 0 saturated carbocycles. The quantitative estimate of drug-likeness (QED) is 0.737. The molecule has 1 aliphatic heterocycles. The summed E-state index contributed by atoms with van der Waals surface area (Å²) in [6.07, 6.45) is 0.531. The van der Waals surface area contributed by atoms with Gasteiger partial charge < -0.3 is 19.6 Å². The van der Waals surface area contributed by atoms with Gasteiger partial charge in [0, 0.05) is 17.1 Å². The Labute approximate surface area is 84.2 Å². The fourth-order valence-corrected chi connectivity index (χ4v) is 1.65. The van der Waals surface area contributed by atoms with Crippen LogP contribution < -0.4 is 9.47 Å². The highest BCUT2D eigenvalue weighted by Crippen LogP contribution is 2.40. The minimum absolute atomic E-state index is 0.467. The molecule has 0 saturated heterocycles. The van der Waals surface area contributed by atoms with Crippen LogP contribution in [0.15, 0.2) is 24.4 Å². The highest BCUT2D eigenvalue weighted by Gasteiger charge is 2.31. The number of aliphatic carboxylic acids is 1. The smallest absolute Gasteiger partial charge is 0.387 e. The molecule has 3 rings (SSSR count). The van der Waals surface area contributed by atoms with E-state index >= 15 is 0 Å². The van der Waals surface area contributed by atoms with E-state index in [2.05, 4.69) is 4.98 Å². The van der Waals surface area contributed by atoms with Crippen molar-refractivity contribution in [1.82, 2.24) is 4.98 Å². The number of nitrogens with one attached hydrogen (secondary N) is 1. The van der Waals surface area contributed by atoms with E-state index < -0.39 is 12.3 Å². The maximum absolute atomic E-state index is 10.7. The largest absolute Gasteiger partial charge is 0.476 e. The number of carbonyl (C=O) groups is 1. The number of carboxylic acid groups (broad SMARTS) is 1. The molecule has 1 aromatic carbocycles. The molecule has 0 bridgehead atoms. The van der Waals surface area contributed by atoms with E-state index in [9.17, 15) is 4.79 Å². The van der Waals surface area contributed by atoms with Crippen LogP contribution in [0.2, 0.25) is 0 Å². The highest BCUT2D eigenvalue weighted by atomic mass is 16.7. The predicted molar refractivity (Wildman–Crippen MR) is 51.0 cm³/mol. The van der Waals surface area contributed by atoms with Crippen LogP contribution in [0, 0.1) is 0 Å². The van der Waals surface area contributed by atoms with Crippen molar-refractivity contribution in [3.8, 4) is 11.5 Å². The number of ether oxygens (including phenoxy) is 2. The van der Waals surface area contributed by atoms with Gasteiger partial charge in [-0.15, -0.1) is 0 Å². The number of aromatic amines is 1. The lowest BCUT2D eigenvalue weighted by molar-refractivity contribution is -0.154. The second-order valence-corrected chi connectivity index (χ2v) is 3.24. The predicted octanol–water partition coefficient (Wildman–Crippen LogP) is 1.35. The maximum atomic E-state index is 10.7. The number of fused-ring (bicyclic) bond motifs is 3. The van der Waals surface area contributed by atoms with Crippen molar-refractivity contribution in [3.05, 3.63) is 24.4 Å². The molecule has 2 N–H and O–H groups in total. The Morgan fingerprint density at radius 3 is 3.00 bits per heavy atom. The first-order valence-electron chi connectivity index (χ1n) is 4.42. The first-order chi connectivity index (χ1) is 7.25. The average Bonchev–Trinajstić information content (AvgIpc) is 2.82. The van der Waals surface area contributed by atoms with Crippen LogP contribution in [0.4, 0.5) is 0 Å². The van der Waals surface area contributed by atoms with Crippen LogP contribution in [0.25, 0.3) is 10.9 Å². The molecule has 1 atom stereocenters. The molecule has 0 spiro atoms. The van der Waals surface area contributed by atoms with Crippen LogP contribution in [0.5, 0.6) is 11.5 Å². The summed E-state index contributed by atoms with van der Waals surface area (Å²) in [5, 5.41) is 9.58. The lowest BCUT2D eigenvalue weighted by atomic mass is 10.2. The number of hydrogen-bond donors (Lipinski definition) is 2. The van der Waals surface area contributed by atoms with E-state index in [0.717, 1.165) is 10.9 Å². The Morgan fingerprint density at radius 2 is 2.20 bits per heavy atom. The van der Waals surface area contributed by atoms with Gasteiger partial charge in [0.2, 0.25) is 0 Å². The molecule has 5 heteroatoms. The van der Waals surface area contributed by atoms with Gasteiger partial charge in [-0.25, -0.2) is 4.79 Å². The van der Waals surface area contributed by atoms with Crippen molar-refractivity contribution in [3.63, 3.8) is 0 Å². The Bertz CT molecular complexity index is 545. The van der Waals surface area contributed by atoms with Gasteiger partial charge in [0.25, 0.3) is 0 Å². The topological polar surface area (TPSA) is 71.5 Å². The van der Waals surface area contributed by atoms with Crippen LogP contribution in [-0.4, -0.2) is 22.3 Å². The van der Waals surface area contributed by atoms with Gasteiger partial charge in [-0.3, -0.25) is 0 Å². The van der Waals surface area contributed by atoms with E-state index in [0.29, 0.717) is 11.5 Å². The van der Waals surface area contributed by atoms with E-state index in [1.165, 1.54) is 0 Å². The molecular weight excluding hydrogens is 198 g/mol. The molecule has 76 valence electrons. The van der Waals surface area contributed by atoms with Crippen molar-refractivity contribution < 1.29 is 19.4 Å². The lowest BCUT2D eigenvalue weighted by Crippen LogP contribution is -2.28. The molecule has 5 nitrogen and oxygen atoms in total. The number of H-pyrrole nitrogens is 1. The lowest BCUT2D eigenvalue weighted by Gasteiger charge is -2.02. The first kappa shape index (κ1) is 8.16. The molecule has 2 heterocycles. The minimum Gasteiger partial charge on any atom is -0.476 e. The third-order valence-corrected chi connectivity index (χ3v) is 2.31. The molecule has 0 radical (unpaired) electrons. The average molecular weight is 205 g/mol. The Hall–Kier alpha value is -2.17. The third-order valence-electron chi connectivity index (χ3n) is 2.31. The standard InChI is InChI=1S/C10H7NO4/c12-9(13)10-14-7-2-1-6-5(3-4-11-6)8(7)15-10/h1-4,10-11H,(H,12,13). The van der Waals surface area contributed by atoms with Crippen molar-refractivity contribution in [2.24, 2.45) is 0 Å². The molecule has 0 aliphatic carbocycles. The zero-order valence-electron chi connectivity index (χ0n) is 7.56. The molecule has 0 fully saturated rings. The SMILES string of the molecule is O=C(O)C1Oc2ccc3[nH]ccc3c2O1. The highest BCUT2D eigenvalue weighted by molar-refractivity contribution is 5.90. The van der Waals surface area contributed by atoms with Crippen LogP contribution in [0.1, 0.15) is 0 Å². The summed E-state index contributed by atoms with van der Waals surface area (Å²) in [7, 11) is 0. The number of carboxylic acids is 1. The fraction of sp³-hybridized carbons (Fsp3) is 0.100. The van der Waals surface area contributed by atoms with Gasteiger partial charge in [0.1, 0.15) is 0 Å². The summed E-state index contributed by atoms with van der Waals surface area (Å²) in [4.78, 5) is 13.7. The molecule has 1 aliphatic rings. The van der Waals surface area contributed by atoms with Crippen molar-refractivity contribution in [2.45, 2.75) is 6.29 Å². The number of benzene rings is 1. The zero-order chi connectivity index (χ0) is 10.4. The number of hydrogen-bond acceptors (Lipinski definition) is 3. The van der Waals surface area contributed by atoms with Gasteiger partial charge in [-0.2, -0.15) is 0 Å².